The smallest absolute Gasteiger partial charge is 0.316 e. The third-order valence-electron chi connectivity index (χ3n) is 4.08. The number of ether oxygens (including phenoxy) is 1. The van der Waals surface area contributed by atoms with Crippen molar-refractivity contribution >= 4 is 28.5 Å². The quantitative estimate of drug-likeness (QED) is 0.461. The number of ketones is 1. The highest BCUT2D eigenvalue weighted by molar-refractivity contribution is 6.17. The zero-order valence-electron chi connectivity index (χ0n) is 15.1. The van der Waals surface area contributed by atoms with Crippen LogP contribution in [0, 0.1) is 6.92 Å². The molecule has 0 fully saturated rings. The van der Waals surface area contributed by atoms with Crippen LogP contribution in [-0.4, -0.2) is 41.3 Å². The number of furan rings is 1. The summed E-state index contributed by atoms with van der Waals surface area (Å²) in [6.07, 6.45) is -1.02. The van der Waals surface area contributed by atoms with Gasteiger partial charge in [-0.2, -0.15) is 0 Å². The van der Waals surface area contributed by atoms with Gasteiger partial charge in [0.25, 0.3) is 0 Å². The Morgan fingerprint density at radius 2 is 1.93 bits per heavy atom. The van der Waals surface area contributed by atoms with Crippen molar-refractivity contribution in [3.63, 3.8) is 0 Å². The first kappa shape index (κ1) is 19.4. The lowest BCUT2D eigenvalue weighted by atomic mass is 10.1. The van der Waals surface area contributed by atoms with Crippen LogP contribution >= 0.6 is 0 Å². The second kappa shape index (κ2) is 8.12. The fraction of sp³-hybridized carbons (Fsp3) is 0.200. The summed E-state index contributed by atoms with van der Waals surface area (Å²) in [5.41, 5.74) is 7.13. The van der Waals surface area contributed by atoms with Crippen LogP contribution in [0.5, 0.6) is 5.75 Å². The van der Waals surface area contributed by atoms with E-state index in [0.29, 0.717) is 22.3 Å². The zero-order chi connectivity index (χ0) is 20.3. The molecule has 1 aromatic heterocycles. The van der Waals surface area contributed by atoms with Gasteiger partial charge in [-0.25, -0.2) is 4.79 Å². The molecule has 0 spiro atoms. The van der Waals surface area contributed by atoms with Gasteiger partial charge in [-0.3, -0.25) is 4.79 Å². The Bertz CT molecular complexity index is 1010. The number of carbonyl (C=O) groups excluding carboxylic acids is 2. The van der Waals surface area contributed by atoms with Crippen LogP contribution in [-0.2, 0) is 0 Å². The third kappa shape index (κ3) is 4.13. The molecule has 28 heavy (non-hydrogen) atoms. The Balaban J connectivity index is 2.01. The molecule has 8 heteroatoms. The van der Waals surface area contributed by atoms with Gasteiger partial charge in [-0.15, -0.1) is 0 Å². The summed E-state index contributed by atoms with van der Waals surface area (Å²) in [5.74, 6) is -0.0861. The van der Waals surface area contributed by atoms with Crippen LogP contribution in [0.2, 0.25) is 0 Å². The molecule has 0 saturated heterocycles. The van der Waals surface area contributed by atoms with E-state index in [1.165, 1.54) is 6.07 Å². The van der Waals surface area contributed by atoms with E-state index in [1.54, 1.807) is 36.4 Å². The van der Waals surface area contributed by atoms with Gasteiger partial charge >= 0.3 is 6.03 Å². The fourth-order valence-electron chi connectivity index (χ4n) is 2.66. The topological polar surface area (TPSA) is 135 Å². The lowest BCUT2D eigenvalue weighted by Gasteiger charge is -2.09. The Morgan fingerprint density at radius 3 is 2.57 bits per heavy atom. The number of benzene rings is 2. The molecule has 0 aliphatic rings. The summed E-state index contributed by atoms with van der Waals surface area (Å²) in [6, 6.07) is 10.8. The van der Waals surface area contributed by atoms with Crippen LogP contribution < -0.4 is 15.8 Å². The average Bonchev–Trinajstić information content (AvgIpc) is 3.03. The van der Waals surface area contributed by atoms with Gasteiger partial charge in [0.1, 0.15) is 29.7 Å². The average molecular weight is 384 g/mol. The van der Waals surface area contributed by atoms with Crippen molar-refractivity contribution < 1.29 is 29.0 Å². The molecule has 0 aliphatic heterocycles. The van der Waals surface area contributed by atoms with Gasteiger partial charge in [0.2, 0.25) is 5.78 Å². The number of nitrogens with one attached hydrogen (secondary N) is 1. The molecular weight excluding hydrogens is 364 g/mol. The molecule has 146 valence electrons. The summed E-state index contributed by atoms with van der Waals surface area (Å²) in [7, 11) is 0. The van der Waals surface area contributed by atoms with Crippen molar-refractivity contribution in [2.75, 3.05) is 18.5 Å². The SMILES string of the molecule is Cc1ccc(C(=O)c2oc3cc(OCC(O)CO)ccc3c2NC(N)=O)cc1. The maximum absolute atomic E-state index is 12.9. The minimum absolute atomic E-state index is 0.0507. The summed E-state index contributed by atoms with van der Waals surface area (Å²) in [6.45, 7) is 1.37. The maximum Gasteiger partial charge on any atom is 0.316 e. The number of hydrogen-bond donors (Lipinski definition) is 4. The van der Waals surface area contributed by atoms with Gasteiger partial charge in [0, 0.05) is 17.0 Å². The van der Waals surface area contributed by atoms with E-state index in [4.69, 9.17) is 20.0 Å². The zero-order valence-corrected chi connectivity index (χ0v) is 15.1. The highest BCUT2D eigenvalue weighted by atomic mass is 16.5. The number of rotatable bonds is 7. The summed E-state index contributed by atoms with van der Waals surface area (Å²) in [4.78, 5) is 24.3. The van der Waals surface area contributed by atoms with E-state index in [9.17, 15) is 14.7 Å². The van der Waals surface area contributed by atoms with E-state index in [0.717, 1.165) is 5.56 Å². The Hall–Kier alpha value is -3.36. The molecule has 3 aromatic rings. The number of anilines is 1. The van der Waals surface area contributed by atoms with Crippen molar-refractivity contribution in [1.82, 2.24) is 0 Å². The first-order valence-corrected chi connectivity index (χ1v) is 8.55. The van der Waals surface area contributed by atoms with Gasteiger partial charge in [-0.05, 0) is 19.1 Å². The van der Waals surface area contributed by atoms with E-state index >= 15 is 0 Å². The predicted octanol–water partition coefficient (Wildman–Crippen LogP) is 2.19. The van der Waals surface area contributed by atoms with Crippen molar-refractivity contribution in [2.45, 2.75) is 13.0 Å². The first-order chi connectivity index (χ1) is 13.4. The van der Waals surface area contributed by atoms with Crippen LogP contribution in [0.25, 0.3) is 11.0 Å². The molecule has 2 aromatic carbocycles. The van der Waals surface area contributed by atoms with Gasteiger partial charge < -0.3 is 30.4 Å². The third-order valence-corrected chi connectivity index (χ3v) is 4.08. The normalized spacial score (nSPS) is 12.0. The highest BCUT2D eigenvalue weighted by Gasteiger charge is 2.23. The molecule has 1 unspecified atom stereocenters. The number of fused-ring (bicyclic) bond motifs is 1. The molecule has 2 amide bonds. The molecule has 0 radical (unpaired) electrons. The van der Waals surface area contributed by atoms with E-state index in [-0.39, 0.29) is 18.1 Å². The number of urea groups is 1. The number of nitrogens with two attached hydrogens (primary N) is 1. The second-order valence-electron chi connectivity index (χ2n) is 6.30. The summed E-state index contributed by atoms with van der Waals surface area (Å²) < 4.78 is 11.1. The van der Waals surface area contributed by atoms with Crippen LogP contribution in [0.15, 0.2) is 46.9 Å². The van der Waals surface area contributed by atoms with Crippen LogP contribution in [0.1, 0.15) is 21.7 Å². The number of primary amides is 1. The molecule has 3 rings (SSSR count). The van der Waals surface area contributed by atoms with Gasteiger partial charge in [0.05, 0.1) is 6.61 Å². The monoisotopic (exact) mass is 384 g/mol. The summed E-state index contributed by atoms with van der Waals surface area (Å²) in [5, 5.41) is 21.2. The van der Waals surface area contributed by atoms with Crippen molar-refractivity contribution in [3.05, 3.63) is 59.4 Å². The van der Waals surface area contributed by atoms with E-state index in [1.807, 2.05) is 6.92 Å². The molecular formula is C20H20N2O6. The van der Waals surface area contributed by atoms with Crippen molar-refractivity contribution in [3.8, 4) is 5.75 Å². The second-order valence-corrected chi connectivity index (χ2v) is 6.30. The fourth-order valence-corrected chi connectivity index (χ4v) is 2.66. The number of aryl methyl sites for hydroxylation is 1. The lowest BCUT2D eigenvalue weighted by Crippen LogP contribution is -2.21. The number of hydrogen-bond acceptors (Lipinski definition) is 6. The molecule has 5 N–H and O–H groups in total. The summed E-state index contributed by atoms with van der Waals surface area (Å²) >= 11 is 0. The minimum Gasteiger partial charge on any atom is -0.491 e. The van der Waals surface area contributed by atoms with Crippen LogP contribution in [0.3, 0.4) is 0 Å². The van der Waals surface area contributed by atoms with E-state index in [2.05, 4.69) is 5.32 Å². The molecule has 8 nitrogen and oxygen atoms in total. The highest BCUT2D eigenvalue weighted by Crippen LogP contribution is 2.34. The number of amides is 2. The van der Waals surface area contributed by atoms with Crippen LogP contribution in [0.4, 0.5) is 10.5 Å². The molecule has 1 atom stereocenters. The molecule has 0 aliphatic carbocycles. The van der Waals surface area contributed by atoms with Gasteiger partial charge in [-0.1, -0.05) is 29.8 Å². The minimum atomic E-state index is -1.02. The Morgan fingerprint density at radius 1 is 1.21 bits per heavy atom. The van der Waals surface area contributed by atoms with Crippen molar-refractivity contribution in [2.24, 2.45) is 5.73 Å². The number of aliphatic hydroxyl groups is 2. The maximum atomic E-state index is 12.9. The molecule has 1 heterocycles. The van der Waals surface area contributed by atoms with Gasteiger partial charge in [0.15, 0.2) is 5.76 Å². The number of carbonyl (C=O) groups is 2. The predicted molar refractivity (Wildman–Crippen MR) is 103 cm³/mol. The Kier molecular flexibility index (Phi) is 5.62. The first-order valence-electron chi connectivity index (χ1n) is 8.55. The number of aliphatic hydroxyl groups excluding tert-OH is 2. The van der Waals surface area contributed by atoms with Crippen molar-refractivity contribution in [1.29, 1.82) is 0 Å². The van der Waals surface area contributed by atoms with E-state index < -0.39 is 24.5 Å². The molecule has 0 saturated carbocycles. The lowest BCUT2D eigenvalue weighted by molar-refractivity contribution is 0.0536. The standard InChI is InChI=1S/C20H20N2O6/c1-11-2-4-12(5-3-11)18(25)19-17(22-20(21)26)15-7-6-14(8-16(15)28-19)27-10-13(24)9-23/h2-8,13,23-24H,9-10H2,1H3,(H3,21,22,26). The Labute approximate surface area is 160 Å². The molecule has 0 bridgehead atoms. The largest absolute Gasteiger partial charge is 0.491 e.